The van der Waals surface area contributed by atoms with Crippen LogP contribution in [-0.2, 0) is 16.6 Å². The molecule has 21 heavy (non-hydrogen) atoms. The summed E-state index contributed by atoms with van der Waals surface area (Å²) in [7, 11) is -3.57. The lowest BCUT2D eigenvalue weighted by molar-refractivity contribution is 0.249. The maximum absolute atomic E-state index is 12.4. The van der Waals surface area contributed by atoms with Crippen LogP contribution in [0, 0.1) is 11.8 Å². The van der Waals surface area contributed by atoms with Gasteiger partial charge in [0.2, 0.25) is 10.0 Å². The van der Waals surface area contributed by atoms with Crippen molar-refractivity contribution in [2.75, 3.05) is 0 Å². The molecular weight excluding hydrogens is 310 g/mol. The minimum Gasteiger partial charge on any atom is -0.392 e. The van der Waals surface area contributed by atoms with Crippen molar-refractivity contribution in [3.63, 3.8) is 0 Å². The second-order valence-corrected chi connectivity index (χ2v) is 8.16. The van der Waals surface area contributed by atoms with E-state index in [1.54, 1.807) is 6.07 Å². The lowest BCUT2D eigenvalue weighted by Crippen LogP contribution is -2.42. The molecule has 0 saturated heterocycles. The molecule has 1 fully saturated rings. The summed E-state index contributed by atoms with van der Waals surface area (Å²) in [6.07, 6.45) is 2.95. The SMILES string of the molecule is CC1CCC(NS(=O)(=O)c2ccc(CO)c(Cl)c2)C(C)C1. The number of nitrogens with one attached hydrogen (secondary N) is 1. The molecule has 6 heteroatoms. The fourth-order valence-electron chi connectivity index (χ4n) is 2.93. The van der Waals surface area contributed by atoms with E-state index >= 15 is 0 Å². The smallest absolute Gasteiger partial charge is 0.240 e. The predicted octanol–water partition coefficient (Wildman–Crippen LogP) is 2.94. The first kappa shape index (κ1) is 16.7. The highest BCUT2D eigenvalue weighted by Crippen LogP contribution is 2.30. The lowest BCUT2D eigenvalue weighted by Gasteiger charge is -2.32. The van der Waals surface area contributed by atoms with Gasteiger partial charge in [-0.1, -0.05) is 31.5 Å². The Bertz CT molecular complexity index is 603. The topological polar surface area (TPSA) is 66.4 Å². The van der Waals surface area contributed by atoms with E-state index < -0.39 is 10.0 Å². The third kappa shape index (κ3) is 3.97. The van der Waals surface area contributed by atoms with Gasteiger partial charge in [0.1, 0.15) is 0 Å². The molecule has 0 aromatic heterocycles. The Hall–Kier alpha value is -0.620. The van der Waals surface area contributed by atoms with E-state index in [0.717, 1.165) is 19.3 Å². The van der Waals surface area contributed by atoms with Gasteiger partial charge in [0.25, 0.3) is 0 Å². The minimum atomic E-state index is -3.57. The number of aliphatic hydroxyl groups excluding tert-OH is 1. The molecule has 1 aliphatic rings. The van der Waals surface area contributed by atoms with Crippen LogP contribution in [0.5, 0.6) is 0 Å². The first-order valence-corrected chi connectivity index (χ1v) is 9.11. The number of hydrogen-bond acceptors (Lipinski definition) is 3. The molecule has 3 unspecified atom stereocenters. The Morgan fingerprint density at radius 3 is 2.62 bits per heavy atom. The fourth-order valence-corrected chi connectivity index (χ4v) is 4.64. The molecule has 1 saturated carbocycles. The van der Waals surface area contributed by atoms with Crippen molar-refractivity contribution in [1.29, 1.82) is 0 Å². The highest BCUT2D eigenvalue weighted by Gasteiger charge is 2.29. The maximum Gasteiger partial charge on any atom is 0.240 e. The summed E-state index contributed by atoms with van der Waals surface area (Å²) in [6, 6.07) is 4.40. The first-order valence-electron chi connectivity index (χ1n) is 7.25. The average molecular weight is 332 g/mol. The standard InChI is InChI=1S/C15H22ClNO3S/c1-10-3-6-15(11(2)7-10)17-21(19,20)13-5-4-12(9-18)14(16)8-13/h4-5,8,10-11,15,17-18H,3,6-7,9H2,1-2H3. The third-order valence-electron chi connectivity index (χ3n) is 4.24. The maximum atomic E-state index is 12.4. The first-order chi connectivity index (χ1) is 9.83. The molecule has 118 valence electrons. The molecule has 0 heterocycles. The third-order valence-corrected chi connectivity index (χ3v) is 6.08. The number of benzene rings is 1. The fraction of sp³-hybridized carbons (Fsp3) is 0.600. The minimum absolute atomic E-state index is 0.0255. The van der Waals surface area contributed by atoms with Gasteiger partial charge in [0.15, 0.2) is 0 Å². The summed E-state index contributed by atoms with van der Waals surface area (Å²) in [4.78, 5) is 0.149. The second kappa shape index (κ2) is 6.65. The highest BCUT2D eigenvalue weighted by atomic mass is 35.5. The van der Waals surface area contributed by atoms with E-state index in [1.165, 1.54) is 12.1 Å². The molecule has 0 bridgehead atoms. The van der Waals surface area contributed by atoms with E-state index in [9.17, 15) is 8.42 Å². The summed E-state index contributed by atoms with van der Waals surface area (Å²) >= 11 is 5.97. The Labute approximate surface area is 131 Å². The molecule has 3 atom stereocenters. The molecule has 0 radical (unpaired) electrons. The Balaban J connectivity index is 2.17. The summed E-state index contributed by atoms with van der Waals surface area (Å²) < 4.78 is 27.7. The van der Waals surface area contributed by atoms with Crippen LogP contribution in [0.2, 0.25) is 5.02 Å². The van der Waals surface area contributed by atoms with Crippen molar-refractivity contribution in [1.82, 2.24) is 4.72 Å². The zero-order valence-electron chi connectivity index (χ0n) is 12.3. The van der Waals surface area contributed by atoms with Crippen molar-refractivity contribution < 1.29 is 13.5 Å². The van der Waals surface area contributed by atoms with Gasteiger partial charge in [0, 0.05) is 11.1 Å². The summed E-state index contributed by atoms with van der Waals surface area (Å²) in [5, 5.41) is 9.35. The van der Waals surface area contributed by atoms with Gasteiger partial charge in [0.05, 0.1) is 11.5 Å². The molecule has 1 aliphatic carbocycles. The van der Waals surface area contributed by atoms with Crippen molar-refractivity contribution in [3.05, 3.63) is 28.8 Å². The van der Waals surface area contributed by atoms with Crippen LogP contribution in [-0.4, -0.2) is 19.6 Å². The van der Waals surface area contributed by atoms with E-state index in [0.29, 0.717) is 17.4 Å². The van der Waals surface area contributed by atoms with Crippen LogP contribution in [0.15, 0.2) is 23.1 Å². The normalized spacial score (nSPS) is 26.8. The molecule has 0 aliphatic heterocycles. The van der Waals surface area contributed by atoms with Crippen LogP contribution >= 0.6 is 11.6 Å². The van der Waals surface area contributed by atoms with Crippen molar-refractivity contribution in [2.45, 2.75) is 50.7 Å². The largest absolute Gasteiger partial charge is 0.392 e. The average Bonchev–Trinajstić information content (AvgIpc) is 2.42. The number of hydrogen-bond donors (Lipinski definition) is 2. The van der Waals surface area contributed by atoms with Crippen LogP contribution in [0.4, 0.5) is 0 Å². The summed E-state index contributed by atoms with van der Waals surface area (Å²) in [5.74, 6) is 0.981. The van der Waals surface area contributed by atoms with Gasteiger partial charge in [-0.3, -0.25) is 0 Å². The molecule has 4 nitrogen and oxygen atoms in total. The zero-order valence-corrected chi connectivity index (χ0v) is 13.9. The van der Waals surface area contributed by atoms with Gasteiger partial charge in [-0.2, -0.15) is 0 Å². The van der Waals surface area contributed by atoms with E-state index in [-0.39, 0.29) is 22.6 Å². The van der Waals surface area contributed by atoms with Gasteiger partial charge in [-0.05, 0) is 48.8 Å². The number of sulfonamides is 1. The van der Waals surface area contributed by atoms with Crippen molar-refractivity contribution in [3.8, 4) is 0 Å². The number of halogens is 1. The summed E-state index contributed by atoms with van der Waals surface area (Å²) in [5.41, 5.74) is 0.524. The van der Waals surface area contributed by atoms with Crippen LogP contribution in [0.25, 0.3) is 0 Å². The lowest BCUT2D eigenvalue weighted by atomic mass is 9.80. The monoisotopic (exact) mass is 331 g/mol. The molecular formula is C15H22ClNO3S. The highest BCUT2D eigenvalue weighted by molar-refractivity contribution is 7.89. The zero-order chi connectivity index (χ0) is 15.6. The molecule has 0 amide bonds. The van der Waals surface area contributed by atoms with Gasteiger partial charge in [-0.25, -0.2) is 13.1 Å². The Morgan fingerprint density at radius 2 is 2.05 bits per heavy atom. The molecule has 2 N–H and O–H groups in total. The van der Waals surface area contributed by atoms with E-state index in [4.69, 9.17) is 16.7 Å². The van der Waals surface area contributed by atoms with Gasteiger partial charge >= 0.3 is 0 Å². The Morgan fingerprint density at radius 1 is 1.33 bits per heavy atom. The quantitative estimate of drug-likeness (QED) is 0.891. The van der Waals surface area contributed by atoms with Crippen LogP contribution < -0.4 is 4.72 Å². The predicted molar refractivity (Wildman–Crippen MR) is 83.7 cm³/mol. The van der Waals surface area contributed by atoms with Crippen LogP contribution in [0.1, 0.15) is 38.7 Å². The van der Waals surface area contributed by atoms with E-state index in [1.807, 2.05) is 0 Å². The Kier molecular flexibility index (Phi) is 5.30. The molecule has 1 aromatic carbocycles. The van der Waals surface area contributed by atoms with Gasteiger partial charge in [-0.15, -0.1) is 0 Å². The molecule has 1 aromatic rings. The van der Waals surface area contributed by atoms with Crippen LogP contribution in [0.3, 0.4) is 0 Å². The number of rotatable bonds is 4. The molecule has 2 rings (SSSR count). The molecule has 0 spiro atoms. The van der Waals surface area contributed by atoms with Crippen molar-refractivity contribution >= 4 is 21.6 Å². The second-order valence-electron chi connectivity index (χ2n) is 6.03. The van der Waals surface area contributed by atoms with E-state index in [2.05, 4.69) is 18.6 Å². The van der Waals surface area contributed by atoms with Crippen molar-refractivity contribution in [2.24, 2.45) is 11.8 Å². The summed E-state index contributed by atoms with van der Waals surface area (Å²) in [6.45, 7) is 4.09. The number of aliphatic hydroxyl groups is 1. The van der Waals surface area contributed by atoms with Gasteiger partial charge < -0.3 is 5.11 Å².